The number of aromatic nitrogens is 3. The number of fused-ring (bicyclic) bond motifs is 1. The van der Waals surface area contributed by atoms with Gasteiger partial charge in [0.05, 0.1) is 18.8 Å². The zero-order valence-corrected chi connectivity index (χ0v) is 25.0. The molecule has 1 amide bonds. The molecular formula is C34H28F5N5O3. The van der Waals surface area contributed by atoms with Crippen molar-refractivity contribution in [3.8, 4) is 16.9 Å². The number of amides is 1. The molecule has 242 valence electrons. The van der Waals surface area contributed by atoms with E-state index in [9.17, 15) is 31.5 Å². The highest BCUT2D eigenvalue weighted by atomic mass is 19.4. The number of halogens is 5. The maximum atomic E-state index is 13.2. The summed E-state index contributed by atoms with van der Waals surface area (Å²) in [5.74, 6) is -1.41. The molecule has 47 heavy (non-hydrogen) atoms. The number of Topliss-reactive ketones (excluding diaryl/α,β-unsaturated/α-hetero) is 1. The summed E-state index contributed by atoms with van der Waals surface area (Å²) in [6, 6.07) is 21.0. The number of hydrogen-bond acceptors (Lipinski definition) is 6. The Balaban J connectivity index is 1.16. The van der Waals surface area contributed by atoms with Gasteiger partial charge in [-0.05, 0) is 64.7 Å². The van der Waals surface area contributed by atoms with E-state index in [0.717, 1.165) is 22.3 Å². The minimum Gasteiger partial charge on any atom is -0.482 e. The summed E-state index contributed by atoms with van der Waals surface area (Å²) in [6.45, 7) is 0.0573. The molecule has 1 aliphatic rings. The Kier molecular flexibility index (Phi) is 8.63. The third-order valence-electron chi connectivity index (χ3n) is 7.85. The fourth-order valence-electron chi connectivity index (χ4n) is 5.15. The number of nitrogens with zero attached hydrogens (tertiary/aromatic N) is 4. The fourth-order valence-corrected chi connectivity index (χ4v) is 5.15. The van der Waals surface area contributed by atoms with Gasteiger partial charge in [-0.25, -0.2) is 13.3 Å². The van der Waals surface area contributed by atoms with Gasteiger partial charge in [0.2, 0.25) is 5.95 Å². The van der Waals surface area contributed by atoms with E-state index in [2.05, 4.69) is 15.4 Å². The van der Waals surface area contributed by atoms with Crippen LogP contribution >= 0.6 is 0 Å². The van der Waals surface area contributed by atoms with Crippen molar-refractivity contribution < 1.29 is 36.3 Å². The summed E-state index contributed by atoms with van der Waals surface area (Å²) in [6.07, 6.45) is -3.85. The number of ketones is 1. The number of rotatable bonds is 10. The molecule has 1 N–H and O–H groups in total. The van der Waals surface area contributed by atoms with Crippen LogP contribution < -0.4 is 10.1 Å². The maximum Gasteiger partial charge on any atom is 0.422 e. The lowest BCUT2D eigenvalue weighted by molar-refractivity contribution is -0.153. The normalized spacial score (nSPS) is 14.1. The highest BCUT2D eigenvalue weighted by Crippen LogP contribution is 2.32. The van der Waals surface area contributed by atoms with E-state index in [0.29, 0.717) is 5.65 Å². The Hall–Kier alpha value is -5.33. The quantitative estimate of drug-likeness (QED) is 0.165. The molecule has 1 saturated heterocycles. The molecule has 0 spiro atoms. The van der Waals surface area contributed by atoms with Crippen molar-refractivity contribution in [1.29, 1.82) is 0 Å². The zero-order chi connectivity index (χ0) is 33.3. The van der Waals surface area contributed by atoms with Gasteiger partial charge in [0.1, 0.15) is 23.5 Å². The summed E-state index contributed by atoms with van der Waals surface area (Å²) in [4.78, 5) is 31.2. The monoisotopic (exact) mass is 649 g/mol. The molecule has 0 bridgehead atoms. The van der Waals surface area contributed by atoms with Crippen LogP contribution in [0.4, 0.5) is 33.6 Å². The number of carbonyl (C=O) groups excluding carboxylic acids is 2. The molecule has 0 unspecified atom stereocenters. The molecule has 0 radical (unpaired) electrons. The molecule has 0 saturated carbocycles. The molecule has 3 heterocycles. The largest absolute Gasteiger partial charge is 0.482 e. The van der Waals surface area contributed by atoms with Crippen molar-refractivity contribution in [2.75, 3.05) is 25.0 Å². The number of likely N-dealkylation sites (tertiary alicyclic amines) is 1. The van der Waals surface area contributed by atoms with Gasteiger partial charge in [-0.3, -0.25) is 9.59 Å². The molecule has 5 aromatic rings. The van der Waals surface area contributed by atoms with Crippen LogP contribution in [0.1, 0.15) is 34.3 Å². The minimum atomic E-state index is -4.62. The van der Waals surface area contributed by atoms with Gasteiger partial charge < -0.3 is 15.0 Å². The standard InChI is InChI=1S/C34H28F5N5O3/c1-20(22-6-9-26(35)10-7-22)29(45)14-21-2-4-23(5-3-21)24-12-13-44-31(16-24)41-33(42-44)40-28-11-8-25(32(46)43-17-27(36)18-43)15-30(28)47-19-34(37,38)39/h2-13,15-16,20,27H,14,17-19H2,1H3,(H,40,42)/t20-/m1/s1. The number of hydrogen-bond donors (Lipinski definition) is 1. The molecule has 3 aromatic carbocycles. The van der Waals surface area contributed by atoms with Gasteiger partial charge in [-0.15, -0.1) is 5.10 Å². The Morgan fingerprint density at radius 2 is 1.70 bits per heavy atom. The van der Waals surface area contributed by atoms with Crippen molar-refractivity contribution in [3.63, 3.8) is 0 Å². The average Bonchev–Trinajstić information content (AvgIpc) is 3.44. The van der Waals surface area contributed by atoms with E-state index in [-0.39, 0.29) is 60.0 Å². The molecule has 2 aromatic heterocycles. The SMILES string of the molecule is C[C@@H](C(=O)Cc1ccc(-c2ccn3nc(Nc4ccc(C(=O)N5CC(F)C5)cc4OCC(F)(F)F)nc3c2)cc1)c1ccc(F)cc1. The van der Waals surface area contributed by atoms with Crippen LogP contribution in [0.15, 0.2) is 85.1 Å². The Labute approximate surface area is 265 Å². The Bertz CT molecular complexity index is 1920. The van der Waals surface area contributed by atoms with Crippen LogP contribution in [0.3, 0.4) is 0 Å². The second-order valence-electron chi connectivity index (χ2n) is 11.3. The van der Waals surface area contributed by atoms with Gasteiger partial charge in [-0.1, -0.05) is 43.3 Å². The van der Waals surface area contributed by atoms with E-state index < -0.39 is 24.9 Å². The number of alkyl halides is 4. The summed E-state index contributed by atoms with van der Waals surface area (Å²) in [7, 11) is 0. The lowest BCUT2D eigenvalue weighted by Crippen LogP contribution is -2.51. The predicted octanol–water partition coefficient (Wildman–Crippen LogP) is 6.93. The predicted molar refractivity (Wildman–Crippen MR) is 164 cm³/mol. The van der Waals surface area contributed by atoms with Crippen molar-refractivity contribution in [3.05, 3.63) is 108 Å². The van der Waals surface area contributed by atoms with Gasteiger partial charge in [-0.2, -0.15) is 18.2 Å². The number of ether oxygens (including phenoxy) is 1. The molecule has 6 rings (SSSR count). The molecule has 1 fully saturated rings. The lowest BCUT2D eigenvalue weighted by Gasteiger charge is -2.34. The van der Waals surface area contributed by atoms with E-state index in [4.69, 9.17) is 4.74 Å². The molecular weight excluding hydrogens is 621 g/mol. The minimum absolute atomic E-state index is 0.00792. The van der Waals surface area contributed by atoms with Crippen molar-refractivity contribution in [2.45, 2.75) is 31.6 Å². The third-order valence-corrected chi connectivity index (χ3v) is 7.85. The number of pyridine rings is 1. The molecule has 13 heteroatoms. The van der Waals surface area contributed by atoms with Crippen LogP contribution in [0, 0.1) is 5.82 Å². The van der Waals surface area contributed by atoms with Crippen molar-refractivity contribution >= 4 is 29.0 Å². The Morgan fingerprint density at radius 3 is 2.38 bits per heavy atom. The number of nitrogens with one attached hydrogen (secondary N) is 1. The van der Waals surface area contributed by atoms with E-state index in [1.807, 2.05) is 30.3 Å². The second kappa shape index (κ2) is 12.8. The van der Waals surface area contributed by atoms with Gasteiger partial charge in [0.25, 0.3) is 5.91 Å². The highest BCUT2D eigenvalue weighted by molar-refractivity contribution is 5.96. The van der Waals surface area contributed by atoms with Crippen LogP contribution in [0.2, 0.25) is 0 Å². The van der Waals surface area contributed by atoms with Crippen molar-refractivity contribution in [2.24, 2.45) is 0 Å². The first-order valence-corrected chi connectivity index (χ1v) is 14.7. The van der Waals surface area contributed by atoms with Crippen LogP contribution in [0.5, 0.6) is 5.75 Å². The molecule has 1 atom stereocenters. The zero-order valence-electron chi connectivity index (χ0n) is 25.0. The topological polar surface area (TPSA) is 88.8 Å². The summed E-state index contributed by atoms with van der Waals surface area (Å²) in [5.41, 5.74) is 3.86. The lowest BCUT2D eigenvalue weighted by atomic mass is 9.92. The van der Waals surface area contributed by atoms with E-state index in [1.165, 1.54) is 39.7 Å². The first-order chi connectivity index (χ1) is 22.4. The third kappa shape index (κ3) is 7.40. The number of carbonyl (C=O) groups is 2. The first kappa shape index (κ1) is 31.6. The fraction of sp³-hybridized carbons (Fsp3) is 0.235. The highest BCUT2D eigenvalue weighted by Gasteiger charge is 2.32. The van der Waals surface area contributed by atoms with Gasteiger partial charge in [0.15, 0.2) is 12.3 Å². The number of anilines is 2. The van der Waals surface area contributed by atoms with Crippen LogP contribution in [-0.4, -0.2) is 63.2 Å². The first-order valence-electron chi connectivity index (χ1n) is 14.7. The van der Waals surface area contributed by atoms with Crippen molar-refractivity contribution in [1.82, 2.24) is 19.5 Å². The van der Waals surface area contributed by atoms with E-state index in [1.54, 1.807) is 31.3 Å². The molecule has 0 aliphatic carbocycles. The smallest absolute Gasteiger partial charge is 0.422 e. The van der Waals surface area contributed by atoms with Crippen LogP contribution in [-0.2, 0) is 11.2 Å². The molecule has 1 aliphatic heterocycles. The summed E-state index contributed by atoms with van der Waals surface area (Å²) >= 11 is 0. The van der Waals surface area contributed by atoms with E-state index >= 15 is 0 Å². The van der Waals surface area contributed by atoms with Gasteiger partial charge >= 0.3 is 6.18 Å². The van der Waals surface area contributed by atoms with Crippen LogP contribution in [0.25, 0.3) is 16.8 Å². The molecule has 8 nitrogen and oxygen atoms in total. The number of benzene rings is 3. The average molecular weight is 650 g/mol. The summed E-state index contributed by atoms with van der Waals surface area (Å²) < 4.78 is 71.9. The second-order valence-corrected chi connectivity index (χ2v) is 11.3. The van der Waals surface area contributed by atoms with Gasteiger partial charge in [0, 0.05) is 24.1 Å². The Morgan fingerprint density at radius 1 is 0.979 bits per heavy atom. The maximum absolute atomic E-state index is 13.2. The summed E-state index contributed by atoms with van der Waals surface area (Å²) in [5, 5.41) is 7.21.